The molecule has 0 heterocycles. The standard InChI is InChI=1S/C18H29N3O2.C4H10S.C3H8.C2H4O2.2C2H4/c1-5-8-9-13-21(14-12-19-4)15-16(6-2)10-11-17(7-3)18(22)20-23;1-3-4-5-2;1-3-2;1-2(3)4;2*1-2/h6-7,10-12,14,19H,5,8-9,13,15H2,1-4H3;3-4H2,1-2H3;3H2,1-2H3;1H3,(H,3,4);2*1-2H2/b11-10-,14-12-,16-6+,17-7+;;;;;. The van der Waals surface area contributed by atoms with Gasteiger partial charge in [0, 0.05) is 50.2 Å². The van der Waals surface area contributed by atoms with Crippen molar-refractivity contribution in [3.8, 4) is 0 Å². The summed E-state index contributed by atoms with van der Waals surface area (Å²) in [6.07, 6.45) is 19.2. The van der Waals surface area contributed by atoms with E-state index in [0.29, 0.717) is 5.57 Å². The van der Waals surface area contributed by atoms with E-state index in [-0.39, 0.29) is 0 Å². The maximum absolute atomic E-state index is 11.3. The van der Waals surface area contributed by atoms with Gasteiger partial charge in [-0.1, -0.05) is 65.2 Å². The number of carboxylic acids is 1. The van der Waals surface area contributed by atoms with Gasteiger partial charge in [0.2, 0.25) is 0 Å². The highest BCUT2D eigenvalue weighted by molar-refractivity contribution is 7.98. The molecule has 8 heteroatoms. The Kier molecular flexibility index (Phi) is 60.7. The van der Waals surface area contributed by atoms with Gasteiger partial charge in [0.1, 0.15) is 0 Å². The molecular weight excluding hydrogens is 510 g/mol. The third-order valence-electron chi connectivity index (χ3n) is 3.78. The van der Waals surface area contributed by atoms with Gasteiger partial charge in [0.05, 0.1) is 0 Å². The molecule has 0 unspecified atom stereocenters. The van der Waals surface area contributed by atoms with E-state index >= 15 is 0 Å². The highest BCUT2D eigenvalue weighted by Crippen LogP contribution is 2.08. The van der Waals surface area contributed by atoms with Gasteiger partial charge < -0.3 is 15.3 Å². The second-order valence-electron chi connectivity index (χ2n) is 7.34. The van der Waals surface area contributed by atoms with Crippen LogP contribution in [0.2, 0.25) is 0 Å². The fourth-order valence-electron chi connectivity index (χ4n) is 2.17. The van der Waals surface area contributed by atoms with Crippen LogP contribution in [0.3, 0.4) is 0 Å². The van der Waals surface area contributed by atoms with Crippen LogP contribution in [0.1, 0.15) is 80.6 Å². The molecule has 0 aromatic carbocycles. The number of carbonyl (C=O) groups excluding carboxylic acids is 1. The Morgan fingerprint density at radius 2 is 1.49 bits per heavy atom. The largest absolute Gasteiger partial charge is 0.481 e. The molecule has 1 amide bonds. The molecule has 0 aromatic rings. The van der Waals surface area contributed by atoms with Crippen LogP contribution in [0.5, 0.6) is 0 Å². The van der Waals surface area contributed by atoms with Crippen molar-refractivity contribution in [1.29, 1.82) is 0 Å². The van der Waals surface area contributed by atoms with E-state index in [1.165, 1.54) is 31.4 Å². The molecule has 0 radical (unpaired) electrons. The Labute approximate surface area is 245 Å². The number of carboxylic acid groups (broad SMARTS) is 1. The lowest BCUT2D eigenvalue weighted by Gasteiger charge is -2.21. The highest BCUT2D eigenvalue weighted by atomic mass is 32.2. The summed E-state index contributed by atoms with van der Waals surface area (Å²) in [4.78, 5) is 32.9. The number of carbonyl (C=O) groups is 2. The van der Waals surface area contributed by atoms with E-state index in [2.05, 4.69) is 75.7 Å². The smallest absolute Gasteiger partial charge is 0.316 e. The maximum atomic E-state index is 11.3. The van der Waals surface area contributed by atoms with E-state index in [1.807, 2.05) is 50.3 Å². The SMILES string of the molecule is C=C.C=C.CC(=O)O.CCC.CCCSC.C\C=C(/C=C\C(=C/C)C(=O)N=O)CN(/C=C\NC)CCCCC. The second kappa shape index (κ2) is 48.2. The highest BCUT2D eigenvalue weighted by Gasteiger charge is 2.06. The first-order valence-corrected chi connectivity index (χ1v) is 14.7. The van der Waals surface area contributed by atoms with Crippen molar-refractivity contribution < 1.29 is 14.7 Å². The van der Waals surface area contributed by atoms with Gasteiger partial charge in [-0.25, -0.2) is 0 Å². The Morgan fingerprint density at radius 3 is 1.79 bits per heavy atom. The van der Waals surface area contributed by atoms with E-state index in [0.717, 1.165) is 32.0 Å². The molecular formula is C31H59N3O4S. The van der Waals surface area contributed by atoms with Gasteiger partial charge in [-0.05, 0) is 50.3 Å². The Balaban J connectivity index is -0.000000139. The predicted octanol–water partition coefficient (Wildman–Crippen LogP) is 8.78. The van der Waals surface area contributed by atoms with Gasteiger partial charge in [0.25, 0.3) is 5.97 Å². The number of amides is 1. The van der Waals surface area contributed by atoms with Crippen molar-refractivity contribution in [2.24, 2.45) is 5.18 Å². The van der Waals surface area contributed by atoms with Gasteiger partial charge in [-0.2, -0.15) is 11.8 Å². The molecule has 0 aliphatic heterocycles. The summed E-state index contributed by atoms with van der Waals surface area (Å²) in [5.41, 5.74) is 1.38. The third-order valence-corrected chi connectivity index (χ3v) is 4.60. The number of nitroso groups, excluding NO2 is 1. The topological polar surface area (TPSA) is 99.1 Å². The molecule has 0 atom stereocenters. The maximum Gasteiger partial charge on any atom is 0.316 e. The molecule has 0 aliphatic rings. The first-order chi connectivity index (χ1) is 18.7. The molecule has 0 saturated carbocycles. The number of hydrogen-bond acceptors (Lipinski definition) is 6. The molecule has 0 bridgehead atoms. The molecule has 0 rings (SSSR count). The summed E-state index contributed by atoms with van der Waals surface area (Å²) in [6, 6.07) is 0. The van der Waals surface area contributed by atoms with Crippen LogP contribution in [-0.4, -0.2) is 54.0 Å². The zero-order valence-electron chi connectivity index (χ0n) is 26.4. The average Bonchev–Trinajstić information content (AvgIpc) is 2.94. The Bertz CT molecular complexity index is 652. The van der Waals surface area contributed by atoms with Crippen molar-refractivity contribution in [2.45, 2.75) is 80.6 Å². The molecule has 7 nitrogen and oxygen atoms in total. The van der Waals surface area contributed by atoms with E-state index < -0.39 is 11.9 Å². The van der Waals surface area contributed by atoms with Crippen molar-refractivity contribution in [1.82, 2.24) is 10.2 Å². The Morgan fingerprint density at radius 1 is 0.974 bits per heavy atom. The van der Waals surface area contributed by atoms with Crippen LogP contribution in [0, 0.1) is 4.91 Å². The van der Waals surface area contributed by atoms with Crippen LogP contribution >= 0.6 is 11.8 Å². The lowest BCUT2D eigenvalue weighted by Crippen LogP contribution is -2.21. The van der Waals surface area contributed by atoms with Crippen LogP contribution in [0.15, 0.2) is 79.3 Å². The predicted molar refractivity (Wildman–Crippen MR) is 177 cm³/mol. The molecule has 0 spiro atoms. The number of nitrogens with one attached hydrogen (secondary N) is 1. The number of rotatable bonds is 13. The summed E-state index contributed by atoms with van der Waals surface area (Å²) in [6.45, 7) is 27.1. The Hall–Kier alpha value is -2.87. The first kappa shape index (κ1) is 49.1. The van der Waals surface area contributed by atoms with Crippen molar-refractivity contribution in [2.75, 3.05) is 32.1 Å². The number of allylic oxidation sites excluding steroid dienone is 2. The number of nitrogens with zero attached hydrogens (tertiary/aromatic N) is 2. The fourth-order valence-corrected chi connectivity index (χ4v) is 2.58. The summed E-state index contributed by atoms with van der Waals surface area (Å²) < 4.78 is 0. The monoisotopic (exact) mass is 569 g/mol. The zero-order valence-corrected chi connectivity index (χ0v) is 27.2. The first-order valence-electron chi connectivity index (χ1n) is 13.3. The van der Waals surface area contributed by atoms with Crippen LogP contribution in [0.4, 0.5) is 0 Å². The van der Waals surface area contributed by atoms with Crippen LogP contribution in [0.25, 0.3) is 0 Å². The average molecular weight is 570 g/mol. The van der Waals surface area contributed by atoms with E-state index in [1.54, 1.807) is 19.1 Å². The number of aliphatic carboxylic acids is 1. The van der Waals surface area contributed by atoms with Crippen LogP contribution in [-0.2, 0) is 9.59 Å². The number of unbranched alkanes of at least 4 members (excludes halogenated alkanes) is 2. The normalized spacial score (nSPS) is 9.97. The van der Waals surface area contributed by atoms with Crippen LogP contribution < -0.4 is 5.32 Å². The molecule has 228 valence electrons. The summed E-state index contributed by atoms with van der Waals surface area (Å²) >= 11 is 1.90. The minimum atomic E-state index is -0.833. The van der Waals surface area contributed by atoms with Crippen molar-refractivity contribution in [3.05, 3.63) is 79.1 Å². The van der Waals surface area contributed by atoms with Crippen molar-refractivity contribution >= 4 is 23.6 Å². The molecule has 0 saturated heterocycles. The minimum Gasteiger partial charge on any atom is -0.481 e. The summed E-state index contributed by atoms with van der Waals surface area (Å²) in [5, 5.41) is 12.9. The lowest BCUT2D eigenvalue weighted by atomic mass is 10.1. The van der Waals surface area contributed by atoms with Gasteiger partial charge >= 0.3 is 5.91 Å². The molecule has 39 heavy (non-hydrogen) atoms. The van der Waals surface area contributed by atoms with Gasteiger partial charge in [0.15, 0.2) is 0 Å². The number of thioether (sulfide) groups is 1. The minimum absolute atomic E-state index is 0.308. The number of hydrogen-bond donors (Lipinski definition) is 2. The third kappa shape index (κ3) is 52.4. The molecule has 2 N–H and O–H groups in total. The van der Waals surface area contributed by atoms with E-state index in [9.17, 15) is 9.70 Å². The second-order valence-corrected chi connectivity index (χ2v) is 8.32. The molecule has 0 aromatic heterocycles. The lowest BCUT2D eigenvalue weighted by molar-refractivity contribution is -0.134. The molecule has 0 fully saturated rings. The van der Waals surface area contributed by atoms with Crippen molar-refractivity contribution in [3.63, 3.8) is 0 Å². The van der Waals surface area contributed by atoms with E-state index in [4.69, 9.17) is 9.90 Å². The summed E-state index contributed by atoms with van der Waals surface area (Å²) in [5.74, 6) is -0.269. The van der Waals surface area contributed by atoms with Gasteiger partial charge in [-0.15, -0.1) is 31.2 Å². The zero-order chi connectivity index (χ0) is 31.9. The quantitative estimate of drug-likeness (QED) is 0.0751. The van der Waals surface area contributed by atoms with Gasteiger partial charge in [-0.3, -0.25) is 9.59 Å². The summed E-state index contributed by atoms with van der Waals surface area (Å²) in [7, 11) is 1.87. The fraction of sp³-hybridized carbons (Fsp3) is 0.548. The molecule has 0 aliphatic carbocycles.